The highest BCUT2D eigenvalue weighted by Gasteiger charge is 2.67. The number of halogens is 2. The first kappa shape index (κ1) is 29.7. The van der Waals surface area contributed by atoms with Crippen LogP contribution in [0.15, 0.2) is 52.2 Å². The number of hydrogen-bond acceptors (Lipinski definition) is 9. The number of ether oxygens (including phenoxy) is 2. The molecule has 0 saturated carbocycles. The summed E-state index contributed by atoms with van der Waals surface area (Å²) < 4.78 is 66.7. The number of esters is 1. The van der Waals surface area contributed by atoms with Crippen molar-refractivity contribution in [2.45, 2.75) is 58.1 Å². The van der Waals surface area contributed by atoms with E-state index in [-0.39, 0.29) is 5.75 Å². The Morgan fingerprint density at radius 1 is 1.24 bits per heavy atom. The van der Waals surface area contributed by atoms with Crippen molar-refractivity contribution in [3.8, 4) is 5.75 Å². The molecule has 38 heavy (non-hydrogen) atoms. The Bertz CT molecular complexity index is 1290. The number of para-hydroxylation sites is 1. The first-order chi connectivity index (χ1) is 17.7. The molecule has 12 nitrogen and oxygen atoms in total. The molecule has 0 amide bonds. The maximum atomic E-state index is 15.5. The molecule has 5 atom stereocenters. The zero-order valence-corrected chi connectivity index (χ0v) is 22.0. The highest BCUT2D eigenvalue weighted by molar-refractivity contribution is 7.52. The van der Waals surface area contributed by atoms with Crippen LogP contribution in [-0.4, -0.2) is 58.0 Å². The maximum Gasteiger partial charge on any atom is 0.459 e. The van der Waals surface area contributed by atoms with Crippen molar-refractivity contribution >= 4 is 13.7 Å². The summed E-state index contributed by atoms with van der Waals surface area (Å²) in [5.74, 6) is -4.51. The quantitative estimate of drug-likeness (QED) is 0.274. The number of aliphatic hydroxyl groups excluding tert-OH is 1. The first-order valence-electron chi connectivity index (χ1n) is 11.7. The van der Waals surface area contributed by atoms with E-state index in [0.29, 0.717) is 4.57 Å². The summed E-state index contributed by atoms with van der Waals surface area (Å²) in [5, 5.41) is 12.4. The van der Waals surface area contributed by atoms with E-state index in [4.69, 9.17) is 18.5 Å². The molecule has 3 N–H and O–H groups in total. The van der Waals surface area contributed by atoms with Gasteiger partial charge in [0.1, 0.15) is 11.8 Å². The smallest absolute Gasteiger partial charge is 0.459 e. The second kappa shape index (κ2) is 11.5. The van der Waals surface area contributed by atoms with Crippen LogP contribution in [0, 0.1) is 5.41 Å². The van der Waals surface area contributed by atoms with Gasteiger partial charge in [-0.05, 0) is 39.8 Å². The van der Waals surface area contributed by atoms with Gasteiger partial charge in [-0.2, -0.15) is 5.09 Å². The molecule has 3 rings (SSSR count). The lowest BCUT2D eigenvalue weighted by molar-refractivity contribution is -0.155. The van der Waals surface area contributed by atoms with Gasteiger partial charge in [-0.3, -0.25) is 23.7 Å². The molecule has 1 unspecified atom stereocenters. The van der Waals surface area contributed by atoms with Crippen LogP contribution in [0.5, 0.6) is 5.75 Å². The molecule has 1 aromatic carbocycles. The third kappa shape index (κ3) is 6.21. The molecule has 0 aliphatic carbocycles. The topological polar surface area (TPSA) is 158 Å². The van der Waals surface area contributed by atoms with Gasteiger partial charge in [-0.25, -0.2) is 18.1 Å². The van der Waals surface area contributed by atoms with Crippen LogP contribution < -0.4 is 20.9 Å². The van der Waals surface area contributed by atoms with E-state index >= 15 is 8.78 Å². The van der Waals surface area contributed by atoms with Crippen LogP contribution >= 0.6 is 7.75 Å². The van der Waals surface area contributed by atoms with Crippen molar-refractivity contribution in [2.75, 3.05) is 13.2 Å². The number of H-pyrrole nitrogens is 1. The first-order valence-corrected chi connectivity index (χ1v) is 13.2. The van der Waals surface area contributed by atoms with E-state index < -0.39 is 74.0 Å². The van der Waals surface area contributed by atoms with Crippen LogP contribution in [0.3, 0.4) is 0 Å². The number of alkyl halides is 2. The van der Waals surface area contributed by atoms with E-state index in [2.05, 4.69) is 5.09 Å². The maximum absolute atomic E-state index is 15.5. The molecule has 1 saturated heterocycles. The molecule has 15 heteroatoms. The lowest BCUT2D eigenvalue weighted by atomic mass is 9.80. The fourth-order valence-electron chi connectivity index (χ4n) is 3.67. The number of aromatic amines is 1. The number of aromatic nitrogens is 2. The SMILES string of the molecule is CC(C)OC(=O)[C@H](C)NP(=O)(OC[C@H]1O[C@@H](n2ccc(=O)[nH]c2=O)C(F)(F)[C@]1(C)CO)Oc1ccccc1. The normalized spacial score (nSPS) is 25.1. The molecular weight excluding hydrogens is 531 g/mol. The van der Waals surface area contributed by atoms with Crippen LogP contribution in [0.4, 0.5) is 8.78 Å². The lowest BCUT2D eigenvalue weighted by Crippen LogP contribution is -2.49. The predicted octanol–water partition coefficient (Wildman–Crippen LogP) is 2.20. The van der Waals surface area contributed by atoms with E-state index in [1.54, 1.807) is 32.0 Å². The third-order valence-electron chi connectivity index (χ3n) is 5.93. The molecule has 1 aliphatic heterocycles. The van der Waals surface area contributed by atoms with Gasteiger partial charge in [0.05, 0.1) is 30.8 Å². The van der Waals surface area contributed by atoms with Gasteiger partial charge in [-0.15, -0.1) is 0 Å². The molecule has 1 fully saturated rings. The number of benzene rings is 1. The van der Waals surface area contributed by atoms with Crippen LogP contribution in [0.25, 0.3) is 0 Å². The van der Waals surface area contributed by atoms with Crippen molar-refractivity contribution in [3.63, 3.8) is 0 Å². The predicted molar refractivity (Wildman–Crippen MR) is 130 cm³/mol. The van der Waals surface area contributed by atoms with Gasteiger partial charge in [0.15, 0.2) is 0 Å². The van der Waals surface area contributed by atoms with Crippen LogP contribution in [0.1, 0.15) is 33.9 Å². The Morgan fingerprint density at radius 2 is 1.89 bits per heavy atom. The summed E-state index contributed by atoms with van der Waals surface area (Å²) in [6, 6.07) is 7.46. The van der Waals surface area contributed by atoms with Crippen LogP contribution in [-0.2, 0) is 23.4 Å². The van der Waals surface area contributed by atoms with Crippen molar-refractivity contribution in [1.29, 1.82) is 0 Å². The van der Waals surface area contributed by atoms with E-state index in [0.717, 1.165) is 19.2 Å². The Labute approximate surface area is 216 Å². The monoisotopic (exact) mass is 561 g/mol. The fourth-order valence-corrected chi connectivity index (χ4v) is 5.16. The number of aliphatic hydroxyl groups is 1. The van der Waals surface area contributed by atoms with Gasteiger partial charge in [0, 0.05) is 12.3 Å². The number of carbonyl (C=O) groups is 1. The average molecular weight is 561 g/mol. The van der Waals surface area contributed by atoms with E-state index in [1.165, 1.54) is 19.1 Å². The fraction of sp³-hybridized carbons (Fsp3) is 0.522. The molecule has 1 aromatic heterocycles. The summed E-state index contributed by atoms with van der Waals surface area (Å²) in [4.78, 5) is 37.7. The standard InChI is InChI=1S/C23H30F2N3O9P/c1-14(2)35-19(31)15(3)27-38(33,37-16-8-6-5-7-9-16)34-12-17-22(4,13-29)23(24,25)20(36-17)28-11-10-18(30)26-21(28)32/h5-11,14-15,17,20,29H,12-13H2,1-4H3,(H,27,33)(H,26,30,32)/t15-,17+,20+,22+,38?/m0/s1. The van der Waals surface area contributed by atoms with Crippen molar-refractivity contribution < 1.29 is 41.8 Å². The third-order valence-corrected chi connectivity index (χ3v) is 7.57. The lowest BCUT2D eigenvalue weighted by Gasteiger charge is -2.33. The Balaban J connectivity index is 1.89. The van der Waals surface area contributed by atoms with Gasteiger partial charge >= 0.3 is 25.3 Å². The molecule has 2 aromatic rings. The zero-order valence-electron chi connectivity index (χ0n) is 21.1. The Kier molecular flexibility index (Phi) is 8.94. The second-order valence-electron chi connectivity index (χ2n) is 9.23. The van der Waals surface area contributed by atoms with Gasteiger partial charge < -0.3 is 19.1 Å². The van der Waals surface area contributed by atoms with Gasteiger partial charge in [0.2, 0.25) is 6.23 Å². The number of hydrogen-bond donors (Lipinski definition) is 3. The summed E-state index contributed by atoms with van der Waals surface area (Å²) >= 11 is 0. The van der Waals surface area contributed by atoms with Crippen molar-refractivity contribution in [3.05, 3.63) is 63.4 Å². The minimum atomic E-state index is -4.44. The largest absolute Gasteiger partial charge is 0.462 e. The number of rotatable bonds is 11. The number of nitrogens with zero attached hydrogens (tertiary/aromatic N) is 1. The minimum absolute atomic E-state index is 0.0908. The summed E-state index contributed by atoms with van der Waals surface area (Å²) in [7, 11) is -4.44. The molecule has 0 spiro atoms. The second-order valence-corrected chi connectivity index (χ2v) is 10.9. The number of nitrogens with one attached hydrogen (secondary N) is 2. The molecule has 0 bridgehead atoms. The van der Waals surface area contributed by atoms with Gasteiger partial charge in [0.25, 0.3) is 5.56 Å². The Morgan fingerprint density at radius 3 is 2.47 bits per heavy atom. The molecule has 0 radical (unpaired) electrons. The molecule has 2 heterocycles. The Hall–Kier alpha value is -2.90. The van der Waals surface area contributed by atoms with E-state index in [1.807, 2.05) is 4.98 Å². The summed E-state index contributed by atoms with van der Waals surface area (Å²) in [6.07, 6.45) is -3.46. The number of carbonyl (C=O) groups excluding carboxylic acids is 1. The molecule has 210 valence electrons. The van der Waals surface area contributed by atoms with Crippen LogP contribution in [0.2, 0.25) is 0 Å². The zero-order chi connectivity index (χ0) is 28.3. The van der Waals surface area contributed by atoms with Gasteiger partial charge in [-0.1, -0.05) is 18.2 Å². The van der Waals surface area contributed by atoms with Crippen molar-refractivity contribution in [1.82, 2.24) is 14.6 Å². The average Bonchev–Trinajstić information content (AvgIpc) is 3.03. The highest BCUT2D eigenvalue weighted by atomic mass is 31.2. The molecular formula is C23H30F2N3O9P. The van der Waals surface area contributed by atoms with Crippen molar-refractivity contribution in [2.24, 2.45) is 5.41 Å². The molecule has 1 aliphatic rings. The highest BCUT2D eigenvalue weighted by Crippen LogP contribution is 2.55. The summed E-state index contributed by atoms with van der Waals surface area (Å²) in [5.41, 5.74) is -4.26. The minimum Gasteiger partial charge on any atom is -0.462 e. The summed E-state index contributed by atoms with van der Waals surface area (Å²) in [6.45, 7) is 3.71. The van der Waals surface area contributed by atoms with E-state index in [9.17, 15) is 24.1 Å².